The molecule has 2 aliphatic heterocycles. The van der Waals surface area contributed by atoms with Gasteiger partial charge in [0, 0.05) is 23.7 Å². The average Bonchev–Trinajstić information content (AvgIpc) is 3.44. The van der Waals surface area contributed by atoms with Gasteiger partial charge in [-0.3, -0.25) is 20.0 Å². The monoisotopic (exact) mass is 432 g/mol. The lowest BCUT2D eigenvalue weighted by Crippen LogP contribution is -2.52. The summed E-state index contributed by atoms with van der Waals surface area (Å²) in [5.41, 5.74) is 7.63. The van der Waals surface area contributed by atoms with Gasteiger partial charge in [0.2, 0.25) is 0 Å². The van der Waals surface area contributed by atoms with E-state index in [1.54, 1.807) is 47.4 Å². The van der Waals surface area contributed by atoms with Gasteiger partial charge in [-0.25, -0.2) is 4.79 Å². The van der Waals surface area contributed by atoms with E-state index in [0.717, 1.165) is 11.1 Å². The van der Waals surface area contributed by atoms with Crippen molar-refractivity contribution in [1.29, 1.82) is 0 Å². The maximum atomic E-state index is 13.1. The van der Waals surface area contributed by atoms with Crippen LogP contribution in [0.15, 0.2) is 48.5 Å². The highest BCUT2D eigenvalue weighted by Gasteiger charge is 2.50. The molecule has 0 saturated carbocycles. The van der Waals surface area contributed by atoms with Crippen molar-refractivity contribution in [2.24, 2.45) is 0 Å². The van der Waals surface area contributed by atoms with Crippen molar-refractivity contribution < 1.29 is 19.1 Å². The predicted octanol–water partition coefficient (Wildman–Crippen LogP) is 1.36. The largest absolute Gasteiger partial charge is 0.497 e. The fourth-order valence-corrected chi connectivity index (χ4v) is 4.19. The number of fused-ring (bicyclic) bond motifs is 1. The van der Waals surface area contributed by atoms with Crippen molar-refractivity contribution in [3.8, 4) is 17.0 Å². The van der Waals surface area contributed by atoms with Crippen LogP contribution in [0, 0.1) is 0 Å². The number of rotatable bonds is 5. The molecule has 3 aromatic rings. The van der Waals surface area contributed by atoms with E-state index >= 15 is 0 Å². The summed E-state index contributed by atoms with van der Waals surface area (Å²) in [4.78, 5) is 39.7. The molecule has 3 heterocycles. The Morgan fingerprint density at radius 3 is 2.53 bits per heavy atom. The summed E-state index contributed by atoms with van der Waals surface area (Å²) in [6.45, 7) is 0.308. The number of aromatic nitrogens is 2. The summed E-state index contributed by atoms with van der Waals surface area (Å²) in [5.74, 6) is 0.276. The molecule has 10 heteroatoms. The molecule has 1 saturated heterocycles. The van der Waals surface area contributed by atoms with Gasteiger partial charge in [-0.15, -0.1) is 0 Å². The Morgan fingerprint density at radius 2 is 1.91 bits per heavy atom. The third-order valence-electron chi connectivity index (χ3n) is 5.84. The van der Waals surface area contributed by atoms with E-state index in [9.17, 15) is 14.4 Å². The third kappa shape index (κ3) is 3.04. The molecule has 1 atom stereocenters. The predicted molar refractivity (Wildman–Crippen MR) is 115 cm³/mol. The van der Waals surface area contributed by atoms with Crippen LogP contribution in [0.25, 0.3) is 11.3 Å². The van der Waals surface area contributed by atoms with Gasteiger partial charge in [-0.05, 0) is 23.3 Å². The van der Waals surface area contributed by atoms with Crippen LogP contribution in [0.3, 0.4) is 0 Å². The first-order valence-electron chi connectivity index (χ1n) is 9.91. The lowest BCUT2D eigenvalue weighted by molar-refractivity contribution is -0.124. The topological polar surface area (TPSA) is 142 Å². The lowest BCUT2D eigenvalue weighted by atomic mass is 9.88. The first-order chi connectivity index (χ1) is 15.4. The normalized spacial score (nSPS) is 19.7. The van der Waals surface area contributed by atoms with Crippen molar-refractivity contribution in [3.05, 3.63) is 65.2 Å². The minimum atomic E-state index is -1.41. The molecule has 0 radical (unpaired) electrons. The second-order valence-electron chi connectivity index (χ2n) is 7.78. The van der Waals surface area contributed by atoms with Crippen LogP contribution in [-0.2, 0) is 16.9 Å². The molecule has 5 rings (SSSR count). The number of carbonyl (C=O) groups excluding carboxylic acids is 3. The minimum Gasteiger partial charge on any atom is -0.497 e. The number of urea groups is 1. The van der Waals surface area contributed by atoms with Crippen LogP contribution in [0.1, 0.15) is 21.5 Å². The highest BCUT2D eigenvalue weighted by atomic mass is 16.5. The quantitative estimate of drug-likeness (QED) is 0.449. The summed E-state index contributed by atoms with van der Waals surface area (Å²) >= 11 is 0. The van der Waals surface area contributed by atoms with Crippen LogP contribution in [0.2, 0.25) is 0 Å². The van der Waals surface area contributed by atoms with Crippen LogP contribution in [0.5, 0.6) is 5.75 Å². The zero-order valence-electron chi connectivity index (χ0n) is 17.1. The highest BCUT2D eigenvalue weighted by Crippen LogP contribution is 2.33. The molecule has 162 valence electrons. The smallest absolute Gasteiger partial charge is 0.322 e. The van der Waals surface area contributed by atoms with E-state index in [1.807, 2.05) is 6.07 Å². The van der Waals surface area contributed by atoms with Gasteiger partial charge in [0.25, 0.3) is 11.8 Å². The number of imide groups is 1. The molecule has 0 unspecified atom stereocenters. The summed E-state index contributed by atoms with van der Waals surface area (Å²) in [6.07, 6.45) is 0. The molecule has 32 heavy (non-hydrogen) atoms. The van der Waals surface area contributed by atoms with Crippen LogP contribution < -0.4 is 21.1 Å². The van der Waals surface area contributed by atoms with E-state index in [4.69, 9.17) is 10.5 Å². The molecular formula is C22H20N6O4. The number of benzene rings is 2. The van der Waals surface area contributed by atoms with E-state index in [0.29, 0.717) is 34.9 Å². The number of anilines is 1. The van der Waals surface area contributed by atoms with Crippen molar-refractivity contribution in [3.63, 3.8) is 0 Å². The van der Waals surface area contributed by atoms with Gasteiger partial charge < -0.3 is 20.7 Å². The first kappa shape index (κ1) is 19.6. The SMILES string of the molecule is COc1ccc2c(c1)C(=O)N(C[C@@]1(c3ccc(-c4cc(N)[nH]n4)cc3)NC(=O)NC1=O)C2. The first-order valence-corrected chi connectivity index (χ1v) is 9.91. The zero-order valence-corrected chi connectivity index (χ0v) is 17.1. The number of methoxy groups -OCH3 is 1. The Hall–Kier alpha value is -4.34. The van der Waals surface area contributed by atoms with Gasteiger partial charge in [0.1, 0.15) is 11.6 Å². The number of aromatic amines is 1. The molecule has 4 amide bonds. The molecule has 1 aromatic heterocycles. The van der Waals surface area contributed by atoms with Gasteiger partial charge >= 0.3 is 6.03 Å². The number of ether oxygens (including phenoxy) is 1. The van der Waals surface area contributed by atoms with Gasteiger partial charge in [-0.2, -0.15) is 5.10 Å². The number of hydrogen-bond acceptors (Lipinski definition) is 6. The molecule has 0 aliphatic carbocycles. The van der Waals surface area contributed by atoms with Crippen LogP contribution in [-0.4, -0.2) is 46.6 Å². The maximum Gasteiger partial charge on any atom is 0.322 e. The van der Waals surface area contributed by atoms with Crippen molar-refractivity contribution in [2.45, 2.75) is 12.1 Å². The molecule has 0 bridgehead atoms. The Labute approximate surface area is 182 Å². The number of nitrogens with zero attached hydrogens (tertiary/aromatic N) is 2. The number of nitrogens with one attached hydrogen (secondary N) is 3. The summed E-state index contributed by atoms with van der Waals surface area (Å²) in [6, 6.07) is 13.4. The van der Waals surface area contributed by atoms with E-state index in [-0.39, 0.29) is 12.5 Å². The molecule has 1 fully saturated rings. The Morgan fingerprint density at radius 1 is 1.12 bits per heavy atom. The summed E-state index contributed by atoms with van der Waals surface area (Å²) in [7, 11) is 1.54. The molecule has 2 aromatic carbocycles. The molecular weight excluding hydrogens is 412 g/mol. The van der Waals surface area contributed by atoms with Crippen LogP contribution in [0.4, 0.5) is 10.6 Å². The van der Waals surface area contributed by atoms with Gasteiger partial charge in [-0.1, -0.05) is 30.3 Å². The van der Waals surface area contributed by atoms with Crippen LogP contribution >= 0.6 is 0 Å². The number of nitrogens with two attached hydrogens (primary N) is 1. The van der Waals surface area contributed by atoms with Gasteiger partial charge in [0.05, 0.1) is 19.3 Å². The fraction of sp³-hybridized carbons (Fsp3) is 0.182. The molecule has 2 aliphatic rings. The van der Waals surface area contributed by atoms with Gasteiger partial charge in [0.15, 0.2) is 5.54 Å². The Bertz CT molecular complexity index is 1250. The van der Waals surface area contributed by atoms with Crippen molar-refractivity contribution in [1.82, 2.24) is 25.7 Å². The number of nitrogen functional groups attached to an aromatic ring is 1. The number of H-pyrrole nitrogens is 1. The second kappa shape index (κ2) is 7.12. The number of carbonyl (C=O) groups is 3. The molecule has 0 spiro atoms. The molecule has 10 nitrogen and oxygen atoms in total. The average molecular weight is 432 g/mol. The Kier molecular flexibility index (Phi) is 4.36. The Balaban J connectivity index is 1.48. The highest BCUT2D eigenvalue weighted by molar-refractivity contribution is 6.08. The zero-order chi connectivity index (χ0) is 22.5. The summed E-state index contributed by atoms with van der Waals surface area (Å²) in [5, 5.41) is 11.8. The summed E-state index contributed by atoms with van der Waals surface area (Å²) < 4.78 is 5.22. The number of hydrogen-bond donors (Lipinski definition) is 4. The standard InChI is InChI=1S/C22H20N6O4/c1-32-15-7-4-13-10-28(19(29)16(13)8-15)11-22(20(30)24-21(31)25-22)14-5-2-12(3-6-14)17-9-18(23)27-26-17/h2-9H,10-11H2,1H3,(H3,23,26,27)(H2,24,25,30,31)/t22-/m0/s1. The maximum absolute atomic E-state index is 13.1. The second-order valence-corrected chi connectivity index (χ2v) is 7.78. The number of amides is 4. The van der Waals surface area contributed by atoms with E-state index in [2.05, 4.69) is 20.8 Å². The van der Waals surface area contributed by atoms with E-state index in [1.165, 1.54) is 7.11 Å². The lowest BCUT2D eigenvalue weighted by Gasteiger charge is -2.31. The fourth-order valence-electron chi connectivity index (χ4n) is 4.19. The van der Waals surface area contributed by atoms with Crippen molar-refractivity contribution >= 4 is 23.7 Å². The molecule has 5 N–H and O–H groups in total. The minimum absolute atomic E-state index is 0.0187. The van der Waals surface area contributed by atoms with E-state index < -0.39 is 17.5 Å². The van der Waals surface area contributed by atoms with Crippen molar-refractivity contribution in [2.75, 3.05) is 19.4 Å². The third-order valence-corrected chi connectivity index (χ3v) is 5.84.